The van der Waals surface area contributed by atoms with Crippen molar-refractivity contribution in [1.29, 1.82) is 0 Å². The van der Waals surface area contributed by atoms with Crippen LogP contribution in [0.4, 0.5) is 4.39 Å². The van der Waals surface area contributed by atoms with E-state index in [4.69, 9.17) is 0 Å². The fourth-order valence-corrected chi connectivity index (χ4v) is 2.51. The lowest BCUT2D eigenvalue weighted by atomic mass is 9.87. The second-order valence-corrected chi connectivity index (χ2v) is 4.56. The van der Waals surface area contributed by atoms with Gasteiger partial charge >= 0.3 is 0 Å². The maximum Gasteiger partial charge on any atom is 0.123 e. The molecule has 1 heteroatoms. The number of benzene rings is 2. The maximum absolute atomic E-state index is 13.0. The number of halogens is 1. The summed E-state index contributed by atoms with van der Waals surface area (Å²) >= 11 is 0. The summed E-state index contributed by atoms with van der Waals surface area (Å²) in [7, 11) is 0. The zero-order chi connectivity index (χ0) is 11.9. The van der Waals surface area contributed by atoms with Crippen molar-refractivity contribution < 1.29 is 4.39 Å². The molecule has 2 aromatic rings. The van der Waals surface area contributed by atoms with Gasteiger partial charge in [-0.15, -0.1) is 0 Å². The molecule has 0 spiro atoms. The first-order valence-electron chi connectivity index (χ1n) is 5.73. The molecule has 0 bridgehead atoms. The van der Waals surface area contributed by atoms with Gasteiger partial charge in [-0.3, -0.25) is 0 Å². The van der Waals surface area contributed by atoms with Gasteiger partial charge in [-0.2, -0.15) is 0 Å². The Morgan fingerprint density at radius 2 is 1.41 bits per heavy atom. The van der Waals surface area contributed by atoms with Crippen LogP contribution in [0, 0.1) is 5.82 Å². The minimum atomic E-state index is -0.191. The van der Waals surface area contributed by atoms with Crippen LogP contribution < -0.4 is 0 Å². The van der Waals surface area contributed by atoms with Gasteiger partial charge in [0.2, 0.25) is 0 Å². The van der Waals surface area contributed by atoms with Gasteiger partial charge in [0.05, 0.1) is 0 Å². The summed E-state index contributed by atoms with van der Waals surface area (Å²) in [6, 6.07) is 17.1. The van der Waals surface area contributed by atoms with Crippen LogP contribution in [-0.2, 0) is 5.41 Å². The summed E-state index contributed by atoms with van der Waals surface area (Å²) in [6.45, 7) is 4.10. The second-order valence-electron chi connectivity index (χ2n) is 4.56. The van der Waals surface area contributed by atoms with Crippen LogP contribution in [0.1, 0.15) is 17.5 Å². The third-order valence-electron chi connectivity index (χ3n) is 3.56. The summed E-state index contributed by atoms with van der Waals surface area (Å²) in [5, 5.41) is 0. The van der Waals surface area contributed by atoms with Crippen molar-refractivity contribution >= 4 is 0 Å². The minimum absolute atomic E-state index is 0.0744. The first-order valence-corrected chi connectivity index (χ1v) is 5.73. The summed E-state index contributed by atoms with van der Waals surface area (Å²) in [6.07, 6.45) is 0.961. The smallest absolute Gasteiger partial charge is 0.123 e. The molecule has 3 rings (SSSR count). The molecule has 1 fully saturated rings. The van der Waals surface area contributed by atoms with Crippen LogP contribution in [-0.4, -0.2) is 0 Å². The fraction of sp³-hybridized carbons (Fsp3) is 0.125. The number of allylic oxidation sites excluding steroid dienone is 1. The SMILES string of the molecule is C=C1CC1(c1ccccc1)c1ccc(F)cc1. The van der Waals surface area contributed by atoms with Gasteiger partial charge < -0.3 is 0 Å². The summed E-state index contributed by atoms with van der Waals surface area (Å²) in [5.74, 6) is -0.191. The zero-order valence-corrected chi connectivity index (χ0v) is 9.49. The van der Waals surface area contributed by atoms with E-state index >= 15 is 0 Å². The van der Waals surface area contributed by atoms with Crippen LogP contribution in [0.2, 0.25) is 0 Å². The highest BCUT2D eigenvalue weighted by atomic mass is 19.1. The molecule has 17 heavy (non-hydrogen) atoms. The average molecular weight is 224 g/mol. The van der Waals surface area contributed by atoms with Crippen molar-refractivity contribution in [3.63, 3.8) is 0 Å². The van der Waals surface area contributed by atoms with Gasteiger partial charge in [0, 0.05) is 5.41 Å². The molecule has 84 valence electrons. The monoisotopic (exact) mass is 224 g/mol. The van der Waals surface area contributed by atoms with E-state index in [1.54, 1.807) is 0 Å². The largest absolute Gasteiger partial charge is 0.207 e. The summed E-state index contributed by atoms with van der Waals surface area (Å²) in [5.41, 5.74) is 3.51. The van der Waals surface area contributed by atoms with Gasteiger partial charge in [0.25, 0.3) is 0 Å². The second kappa shape index (κ2) is 3.56. The molecule has 2 aromatic carbocycles. The van der Waals surface area contributed by atoms with Gasteiger partial charge in [0.1, 0.15) is 5.82 Å². The Balaban J connectivity index is 2.11. The van der Waals surface area contributed by atoms with Gasteiger partial charge in [-0.05, 0) is 29.7 Å². The van der Waals surface area contributed by atoms with Crippen molar-refractivity contribution in [3.05, 3.63) is 83.7 Å². The van der Waals surface area contributed by atoms with Crippen molar-refractivity contribution in [3.8, 4) is 0 Å². The van der Waals surface area contributed by atoms with Crippen molar-refractivity contribution in [1.82, 2.24) is 0 Å². The van der Waals surface area contributed by atoms with E-state index in [-0.39, 0.29) is 11.2 Å². The Hall–Kier alpha value is -1.89. The Morgan fingerprint density at radius 3 is 1.94 bits per heavy atom. The quantitative estimate of drug-likeness (QED) is 0.674. The predicted molar refractivity (Wildman–Crippen MR) is 67.4 cm³/mol. The minimum Gasteiger partial charge on any atom is -0.207 e. The molecule has 1 saturated carbocycles. The molecule has 0 heterocycles. The Kier molecular flexibility index (Phi) is 2.15. The van der Waals surface area contributed by atoms with E-state index in [0.717, 1.165) is 12.0 Å². The molecule has 0 nitrogen and oxygen atoms in total. The Morgan fingerprint density at radius 1 is 0.882 bits per heavy atom. The van der Waals surface area contributed by atoms with E-state index in [0.29, 0.717) is 0 Å². The molecule has 0 aliphatic heterocycles. The maximum atomic E-state index is 13.0. The molecule has 0 saturated heterocycles. The number of hydrogen-bond donors (Lipinski definition) is 0. The van der Waals surface area contributed by atoms with Crippen LogP contribution >= 0.6 is 0 Å². The zero-order valence-electron chi connectivity index (χ0n) is 9.49. The lowest BCUT2D eigenvalue weighted by Crippen LogP contribution is -2.08. The van der Waals surface area contributed by atoms with Crippen LogP contribution in [0.15, 0.2) is 66.7 Å². The normalized spacial score (nSPS) is 22.5. The molecule has 1 aliphatic carbocycles. The average Bonchev–Trinajstić information content (AvgIpc) is 3.04. The first kappa shape index (κ1) is 10.3. The molecule has 1 atom stereocenters. The molecular formula is C16H13F. The Labute approximate surface area is 100 Å². The highest BCUT2D eigenvalue weighted by Crippen LogP contribution is 2.57. The topological polar surface area (TPSA) is 0 Å². The molecule has 0 aromatic heterocycles. The lowest BCUT2D eigenvalue weighted by molar-refractivity contribution is 0.626. The fourth-order valence-electron chi connectivity index (χ4n) is 2.51. The molecule has 0 amide bonds. The number of hydrogen-bond acceptors (Lipinski definition) is 0. The molecular weight excluding hydrogens is 211 g/mol. The highest BCUT2D eigenvalue weighted by Gasteiger charge is 2.49. The lowest BCUT2D eigenvalue weighted by Gasteiger charge is -2.16. The van der Waals surface area contributed by atoms with Gasteiger partial charge in [-0.25, -0.2) is 4.39 Å². The van der Waals surface area contributed by atoms with Crippen molar-refractivity contribution in [2.75, 3.05) is 0 Å². The van der Waals surface area contributed by atoms with E-state index < -0.39 is 0 Å². The molecule has 0 radical (unpaired) electrons. The van der Waals surface area contributed by atoms with Crippen LogP contribution in [0.5, 0.6) is 0 Å². The van der Waals surface area contributed by atoms with Crippen LogP contribution in [0.25, 0.3) is 0 Å². The van der Waals surface area contributed by atoms with E-state index in [1.165, 1.54) is 23.3 Å². The molecule has 1 unspecified atom stereocenters. The number of rotatable bonds is 2. The van der Waals surface area contributed by atoms with E-state index in [9.17, 15) is 4.39 Å². The standard InChI is InChI=1S/C16H13F/c1-12-11-16(12,13-5-3-2-4-6-13)14-7-9-15(17)10-8-14/h2-10H,1,11H2. The van der Waals surface area contributed by atoms with Crippen LogP contribution in [0.3, 0.4) is 0 Å². The molecule has 0 N–H and O–H groups in total. The summed E-state index contributed by atoms with van der Waals surface area (Å²) < 4.78 is 13.0. The van der Waals surface area contributed by atoms with E-state index in [2.05, 4.69) is 18.7 Å². The van der Waals surface area contributed by atoms with Crippen molar-refractivity contribution in [2.45, 2.75) is 11.8 Å². The van der Waals surface area contributed by atoms with E-state index in [1.807, 2.05) is 30.3 Å². The first-order chi connectivity index (χ1) is 8.23. The third kappa shape index (κ3) is 1.50. The van der Waals surface area contributed by atoms with Crippen molar-refractivity contribution in [2.24, 2.45) is 0 Å². The molecule has 1 aliphatic rings. The predicted octanol–water partition coefficient (Wildman–Crippen LogP) is 4.07. The van der Waals surface area contributed by atoms with Gasteiger partial charge in [0.15, 0.2) is 0 Å². The summed E-state index contributed by atoms with van der Waals surface area (Å²) in [4.78, 5) is 0. The van der Waals surface area contributed by atoms with Gasteiger partial charge in [-0.1, -0.05) is 54.6 Å². The highest BCUT2D eigenvalue weighted by molar-refractivity contribution is 5.58. The Bertz CT molecular complexity index is 554. The third-order valence-corrected chi connectivity index (χ3v) is 3.56.